The first-order valence-corrected chi connectivity index (χ1v) is 5.12. The minimum absolute atomic E-state index is 0.137. The van der Waals surface area contributed by atoms with E-state index in [1.807, 2.05) is 0 Å². The number of benzene rings is 1. The molecule has 1 aromatic heterocycles. The molecule has 2 rings (SSSR count). The van der Waals surface area contributed by atoms with Gasteiger partial charge in [-0.05, 0) is 12.1 Å². The number of hydrogen-bond acceptors (Lipinski definition) is 4. The van der Waals surface area contributed by atoms with Crippen molar-refractivity contribution in [1.29, 1.82) is 0 Å². The third-order valence-corrected chi connectivity index (χ3v) is 2.29. The lowest BCUT2D eigenvalue weighted by Crippen LogP contribution is -2.03. The first-order chi connectivity index (χ1) is 8.60. The topological polar surface area (TPSA) is 60.2 Å². The fourth-order valence-electron chi connectivity index (χ4n) is 1.41. The number of nitrogens with two attached hydrogens (primary N) is 1. The molecule has 18 heavy (non-hydrogen) atoms. The van der Waals surface area contributed by atoms with Gasteiger partial charge in [0.2, 0.25) is 0 Å². The Labute approximate surface area is 102 Å². The minimum atomic E-state index is -0.885. The summed E-state index contributed by atoms with van der Waals surface area (Å²) in [7, 11) is 1.52. The number of halogens is 2. The highest BCUT2D eigenvalue weighted by molar-refractivity contribution is 5.60. The van der Waals surface area contributed by atoms with Crippen molar-refractivity contribution in [3.05, 3.63) is 42.0 Å². The molecule has 3 N–H and O–H groups in total. The minimum Gasteiger partial charge on any atom is -0.497 e. The molecule has 0 amide bonds. The molecule has 4 nitrogen and oxygen atoms in total. The Morgan fingerprint density at radius 1 is 1.22 bits per heavy atom. The summed E-state index contributed by atoms with van der Waals surface area (Å²) < 4.78 is 31.4. The zero-order valence-corrected chi connectivity index (χ0v) is 9.58. The SMILES string of the molecule is COc1cccc(Nc2nc(N)c(F)cc2F)c1. The Kier molecular flexibility index (Phi) is 3.27. The van der Waals surface area contributed by atoms with Crippen molar-refractivity contribution in [3.8, 4) is 5.75 Å². The van der Waals surface area contributed by atoms with E-state index in [0.29, 0.717) is 17.5 Å². The average molecular weight is 251 g/mol. The first-order valence-electron chi connectivity index (χ1n) is 5.12. The van der Waals surface area contributed by atoms with Crippen molar-refractivity contribution in [2.45, 2.75) is 0 Å². The molecule has 6 heteroatoms. The van der Waals surface area contributed by atoms with Gasteiger partial charge in [0, 0.05) is 17.8 Å². The lowest BCUT2D eigenvalue weighted by Gasteiger charge is -2.09. The van der Waals surface area contributed by atoms with Crippen molar-refractivity contribution < 1.29 is 13.5 Å². The smallest absolute Gasteiger partial charge is 0.169 e. The Balaban J connectivity index is 2.30. The molecule has 0 spiro atoms. The molecule has 2 aromatic rings. The Hall–Kier alpha value is -2.37. The molecule has 1 heterocycles. The van der Waals surface area contributed by atoms with E-state index in [4.69, 9.17) is 10.5 Å². The molecule has 0 saturated heterocycles. The molecule has 0 atom stereocenters. The monoisotopic (exact) mass is 251 g/mol. The van der Waals surface area contributed by atoms with Gasteiger partial charge in [0.05, 0.1) is 7.11 Å². The maximum atomic E-state index is 13.4. The van der Waals surface area contributed by atoms with E-state index < -0.39 is 11.6 Å². The summed E-state index contributed by atoms with van der Waals surface area (Å²) in [5, 5.41) is 2.70. The van der Waals surface area contributed by atoms with Crippen LogP contribution in [-0.2, 0) is 0 Å². The number of hydrogen-bond donors (Lipinski definition) is 2. The summed E-state index contributed by atoms with van der Waals surface area (Å²) in [5.41, 5.74) is 5.84. The van der Waals surface area contributed by atoms with Crippen LogP contribution < -0.4 is 15.8 Å². The standard InChI is InChI=1S/C12H11F2N3O/c1-18-8-4-2-3-7(5-8)16-12-10(14)6-9(13)11(15)17-12/h2-6H,1H3,(H3,15,16,17). The number of rotatable bonds is 3. The van der Waals surface area contributed by atoms with Gasteiger partial charge in [0.1, 0.15) is 5.75 Å². The fraction of sp³-hybridized carbons (Fsp3) is 0.0833. The lowest BCUT2D eigenvalue weighted by atomic mass is 10.3. The van der Waals surface area contributed by atoms with Crippen LogP contribution in [0.3, 0.4) is 0 Å². The summed E-state index contributed by atoms with van der Waals surface area (Å²) in [6.07, 6.45) is 0. The molecule has 0 bridgehead atoms. The van der Waals surface area contributed by atoms with E-state index in [9.17, 15) is 8.78 Å². The normalized spacial score (nSPS) is 10.2. The number of nitrogens with one attached hydrogen (secondary N) is 1. The second-order valence-corrected chi connectivity index (χ2v) is 3.54. The van der Waals surface area contributed by atoms with Crippen molar-refractivity contribution in [2.75, 3.05) is 18.2 Å². The van der Waals surface area contributed by atoms with E-state index >= 15 is 0 Å². The van der Waals surface area contributed by atoms with Crippen molar-refractivity contribution in [2.24, 2.45) is 0 Å². The van der Waals surface area contributed by atoms with Crippen LogP contribution in [0.2, 0.25) is 0 Å². The first kappa shape index (κ1) is 12.1. The highest BCUT2D eigenvalue weighted by atomic mass is 19.1. The van der Waals surface area contributed by atoms with Gasteiger partial charge in [-0.2, -0.15) is 0 Å². The summed E-state index contributed by atoms with van der Waals surface area (Å²) in [6, 6.07) is 7.51. The molecule has 0 radical (unpaired) electrons. The number of aromatic nitrogens is 1. The van der Waals surface area contributed by atoms with Gasteiger partial charge in [-0.25, -0.2) is 13.8 Å². The molecule has 0 aliphatic heterocycles. The van der Waals surface area contributed by atoms with E-state index in [-0.39, 0.29) is 11.6 Å². The highest BCUT2D eigenvalue weighted by Gasteiger charge is 2.10. The van der Waals surface area contributed by atoms with E-state index in [2.05, 4.69) is 10.3 Å². The van der Waals surface area contributed by atoms with Gasteiger partial charge in [0.15, 0.2) is 23.3 Å². The Morgan fingerprint density at radius 2 is 2.00 bits per heavy atom. The number of methoxy groups -OCH3 is 1. The Morgan fingerprint density at radius 3 is 2.72 bits per heavy atom. The average Bonchev–Trinajstić information content (AvgIpc) is 2.36. The molecule has 0 aliphatic rings. The number of nitrogen functional groups attached to an aromatic ring is 1. The van der Waals surface area contributed by atoms with Crippen LogP contribution >= 0.6 is 0 Å². The van der Waals surface area contributed by atoms with Crippen LogP contribution in [0.1, 0.15) is 0 Å². The third-order valence-electron chi connectivity index (χ3n) is 2.29. The van der Waals surface area contributed by atoms with Crippen LogP contribution in [0.4, 0.5) is 26.1 Å². The molecule has 0 fully saturated rings. The molecule has 0 aliphatic carbocycles. The maximum absolute atomic E-state index is 13.4. The maximum Gasteiger partial charge on any atom is 0.169 e. The number of nitrogens with zero attached hydrogens (tertiary/aromatic N) is 1. The van der Waals surface area contributed by atoms with Gasteiger partial charge in [0.25, 0.3) is 0 Å². The lowest BCUT2D eigenvalue weighted by molar-refractivity contribution is 0.415. The third kappa shape index (κ3) is 2.48. The van der Waals surface area contributed by atoms with Gasteiger partial charge in [-0.15, -0.1) is 0 Å². The molecule has 1 aromatic carbocycles. The number of ether oxygens (including phenoxy) is 1. The van der Waals surface area contributed by atoms with Crippen molar-refractivity contribution in [3.63, 3.8) is 0 Å². The van der Waals surface area contributed by atoms with E-state index in [0.717, 1.165) is 0 Å². The van der Waals surface area contributed by atoms with Crippen LogP contribution in [0.25, 0.3) is 0 Å². The number of anilines is 3. The van der Waals surface area contributed by atoms with Crippen molar-refractivity contribution >= 4 is 17.3 Å². The van der Waals surface area contributed by atoms with Crippen LogP contribution in [0.15, 0.2) is 30.3 Å². The molecule has 0 unspecified atom stereocenters. The van der Waals surface area contributed by atoms with Crippen LogP contribution in [-0.4, -0.2) is 12.1 Å². The summed E-state index contributed by atoms with van der Waals surface area (Å²) >= 11 is 0. The van der Waals surface area contributed by atoms with E-state index in [1.54, 1.807) is 24.3 Å². The van der Waals surface area contributed by atoms with Crippen LogP contribution in [0.5, 0.6) is 5.75 Å². The number of pyridine rings is 1. The summed E-state index contributed by atoms with van der Waals surface area (Å²) in [6.45, 7) is 0. The van der Waals surface area contributed by atoms with Crippen molar-refractivity contribution in [1.82, 2.24) is 4.98 Å². The second kappa shape index (κ2) is 4.87. The summed E-state index contributed by atoms with van der Waals surface area (Å²) in [5.74, 6) is -1.59. The largest absolute Gasteiger partial charge is 0.497 e. The van der Waals surface area contributed by atoms with E-state index in [1.165, 1.54) is 7.11 Å². The van der Waals surface area contributed by atoms with Gasteiger partial charge < -0.3 is 15.8 Å². The molecular formula is C12H11F2N3O. The second-order valence-electron chi connectivity index (χ2n) is 3.54. The molecule has 0 saturated carbocycles. The highest BCUT2D eigenvalue weighted by Crippen LogP contribution is 2.23. The quantitative estimate of drug-likeness (QED) is 0.880. The summed E-state index contributed by atoms with van der Waals surface area (Å²) in [4.78, 5) is 3.60. The Bertz CT molecular complexity index is 575. The van der Waals surface area contributed by atoms with Gasteiger partial charge in [-0.1, -0.05) is 6.07 Å². The zero-order valence-electron chi connectivity index (χ0n) is 9.58. The molecular weight excluding hydrogens is 240 g/mol. The van der Waals surface area contributed by atoms with Crippen LogP contribution in [0, 0.1) is 11.6 Å². The zero-order chi connectivity index (χ0) is 13.1. The predicted molar refractivity (Wildman–Crippen MR) is 64.8 cm³/mol. The fourth-order valence-corrected chi connectivity index (χ4v) is 1.41. The van der Waals surface area contributed by atoms with Gasteiger partial charge in [-0.3, -0.25) is 0 Å². The predicted octanol–water partition coefficient (Wildman–Crippen LogP) is 2.69. The molecule has 94 valence electrons. The van der Waals surface area contributed by atoms with Gasteiger partial charge >= 0.3 is 0 Å².